The normalized spacial score (nSPS) is 38.0. The third-order valence-electron chi connectivity index (χ3n) is 3.83. The third kappa shape index (κ3) is 2.30. The molecule has 1 rings (SSSR count). The molecule has 1 saturated carbocycles. The van der Waals surface area contributed by atoms with Crippen LogP contribution in [0.25, 0.3) is 0 Å². The first-order valence-corrected chi connectivity index (χ1v) is 5.79. The second-order valence-electron chi connectivity index (χ2n) is 4.88. The van der Waals surface area contributed by atoms with E-state index in [2.05, 4.69) is 25.8 Å². The molecular weight excluding hydrogens is 189 g/mol. The highest BCUT2D eigenvalue weighted by molar-refractivity contribution is 7.80. The van der Waals surface area contributed by atoms with Crippen molar-refractivity contribution < 1.29 is 0 Å². The fourth-order valence-corrected chi connectivity index (χ4v) is 2.51. The van der Waals surface area contributed by atoms with E-state index in [4.69, 9.17) is 20.1 Å². The van der Waals surface area contributed by atoms with Gasteiger partial charge in [-0.25, -0.2) is 0 Å². The minimum Gasteiger partial charge on any atom is -0.366 e. The molecule has 0 aromatic heterocycles. The Morgan fingerprint density at radius 2 is 2.14 bits per heavy atom. The van der Waals surface area contributed by atoms with Crippen molar-refractivity contribution in [1.82, 2.24) is 4.90 Å². The molecule has 0 spiro atoms. The molecule has 3 heteroatoms. The van der Waals surface area contributed by atoms with Crippen LogP contribution < -0.4 is 0 Å². The van der Waals surface area contributed by atoms with E-state index in [0.29, 0.717) is 12.0 Å². The van der Waals surface area contributed by atoms with Gasteiger partial charge in [0.2, 0.25) is 0 Å². The van der Waals surface area contributed by atoms with Gasteiger partial charge in [-0.1, -0.05) is 44.2 Å². The molecule has 0 aliphatic heterocycles. The van der Waals surface area contributed by atoms with E-state index in [0.717, 1.165) is 11.4 Å². The average molecular weight is 209 g/mol. The first-order chi connectivity index (χ1) is 6.36. The molecular formula is C11H20BNS. The van der Waals surface area contributed by atoms with Crippen LogP contribution in [0.4, 0.5) is 0 Å². The maximum Gasteiger partial charge on any atom is 0.0747 e. The molecule has 14 heavy (non-hydrogen) atoms. The summed E-state index contributed by atoms with van der Waals surface area (Å²) in [5, 5.41) is -0.0258. The minimum absolute atomic E-state index is 0.0258. The molecule has 2 radical (unpaired) electrons. The number of hydrogen-bond acceptors (Lipinski definition) is 1. The second kappa shape index (κ2) is 4.22. The zero-order valence-electron chi connectivity index (χ0n) is 9.71. The Morgan fingerprint density at radius 1 is 1.57 bits per heavy atom. The summed E-state index contributed by atoms with van der Waals surface area (Å²) in [5.74, 6) is 0.513. The number of nitrogens with zero attached hydrogens (tertiary/aromatic N) is 1. The van der Waals surface area contributed by atoms with Crippen molar-refractivity contribution in [2.24, 2.45) is 5.92 Å². The van der Waals surface area contributed by atoms with E-state index in [1.165, 1.54) is 12.8 Å². The molecule has 1 fully saturated rings. The summed E-state index contributed by atoms with van der Waals surface area (Å²) in [6.45, 7) is 6.40. The SMILES string of the molecule is [B]C1(C)CCCC(N(C)C(C)=S)C1C. The quantitative estimate of drug-likeness (QED) is 0.482. The lowest BCUT2D eigenvalue weighted by Gasteiger charge is -2.46. The maximum absolute atomic E-state index is 6.28. The lowest BCUT2D eigenvalue weighted by Crippen LogP contribution is -2.45. The molecule has 3 atom stereocenters. The van der Waals surface area contributed by atoms with Crippen molar-refractivity contribution in [2.45, 2.75) is 51.4 Å². The molecule has 1 nitrogen and oxygen atoms in total. The van der Waals surface area contributed by atoms with Crippen LogP contribution in [-0.4, -0.2) is 30.8 Å². The maximum atomic E-state index is 6.28. The molecule has 0 N–H and O–H groups in total. The first-order valence-electron chi connectivity index (χ1n) is 5.38. The molecule has 0 saturated heterocycles. The smallest absolute Gasteiger partial charge is 0.0747 e. The van der Waals surface area contributed by atoms with Gasteiger partial charge in [0.1, 0.15) is 0 Å². The summed E-state index contributed by atoms with van der Waals surface area (Å²) in [6, 6.07) is 0.524. The lowest BCUT2D eigenvalue weighted by molar-refractivity contribution is 0.164. The van der Waals surface area contributed by atoms with Gasteiger partial charge in [0.05, 0.1) is 12.8 Å². The molecule has 0 aromatic carbocycles. The standard InChI is InChI=1S/C11H20BNS/c1-8-10(13(4)9(2)14)6-5-7-11(8,3)12/h8,10H,5-7H2,1-4H3. The topological polar surface area (TPSA) is 3.24 Å². The van der Waals surface area contributed by atoms with E-state index in [1.807, 2.05) is 6.92 Å². The van der Waals surface area contributed by atoms with E-state index >= 15 is 0 Å². The first kappa shape index (κ1) is 12.0. The Hall–Kier alpha value is -0.0451. The molecule has 3 unspecified atom stereocenters. The fourth-order valence-electron chi connectivity index (χ4n) is 2.37. The predicted octanol–water partition coefficient (Wildman–Crippen LogP) is 2.80. The number of rotatable bonds is 1. The van der Waals surface area contributed by atoms with Crippen molar-refractivity contribution in [3.63, 3.8) is 0 Å². The zero-order chi connectivity index (χ0) is 10.9. The van der Waals surface area contributed by atoms with Crippen molar-refractivity contribution in [2.75, 3.05) is 7.05 Å². The lowest BCUT2D eigenvalue weighted by atomic mass is 9.54. The summed E-state index contributed by atoms with van der Waals surface area (Å²) >= 11 is 5.21. The van der Waals surface area contributed by atoms with Gasteiger partial charge in [0.25, 0.3) is 0 Å². The van der Waals surface area contributed by atoms with E-state index < -0.39 is 0 Å². The largest absolute Gasteiger partial charge is 0.366 e. The molecule has 0 amide bonds. The summed E-state index contributed by atoms with van der Waals surface area (Å²) < 4.78 is 0. The molecule has 1 aliphatic carbocycles. The Balaban J connectivity index is 2.74. The number of thiocarbonyl (C=S) groups is 1. The van der Waals surface area contributed by atoms with Crippen molar-refractivity contribution >= 4 is 25.1 Å². The average Bonchev–Trinajstić information content (AvgIpc) is 2.08. The summed E-state index contributed by atoms with van der Waals surface area (Å²) in [5.41, 5.74) is 0. The Bertz CT molecular complexity index is 227. The van der Waals surface area contributed by atoms with Crippen LogP contribution in [0.2, 0.25) is 5.31 Å². The highest BCUT2D eigenvalue weighted by Gasteiger charge is 2.37. The monoisotopic (exact) mass is 209 g/mol. The van der Waals surface area contributed by atoms with Gasteiger partial charge in [-0.05, 0) is 19.3 Å². The third-order valence-corrected chi connectivity index (χ3v) is 4.11. The summed E-state index contributed by atoms with van der Waals surface area (Å²) in [6.07, 6.45) is 3.57. The van der Waals surface area contributed by atoms with Crippen molar-refractivity contribution in [3.05, 3.63) is 0 Å². The molecule has 0 bridgehead atoms. The fraction of sp³-hybridized carbons (Fsp3) is 0.909. The Morgan fingerprint density at radius 3 is 2.64 bits per heavy atom. The van der Waals surface area contributed by atoms with Gasteiger partial charge in [-0.2, -0.15) is 0 Å². The van der Waals surface area contributed by atoms with Gasteiger partial charge in [-0.15, -0.1) is 0 Å². The predicted molar refractivity (Wildman–Crippen MR) is 67.0 cm³/mol. The molecule has 1 aliphatic rings. The van der Waals surface area contributed by atoms with Crippen LogP contribution in [0, 0.1) is 5.92 Å². The van der Waals surface area contributed by atoms with Gasteiger partial charge in [0.15, 0.2) is 0 Å². The summed E-state index contributed by atoms with van der Waals surface area (Å²) in [7, 11) is 8.37. The second-order valence-corrected chi connectivity index (χ2v) is 5.47. The summed E-state index contributed by atoms with van der Waals surface area (Å²) in [4.78, 5) is 3.18. The highest BCUT2D eigenvalue weighted by atomic mass is 32.1. The van der Waals surface area contributed by atoms with Crippen LogP contribution in [0.5, 0.6) is 0 Å². The van der Waals surface area contributed by atoms with Crippen LogP contribution in [0.1, 0.15) is 40.0 Å². The van der Waals surface area contributed by atoms with Crippen LogP contribution >= 0.6 is 12.2 Å². The molecule has 0 heterocycles. The van der Waals surface area contributed by atoms with Gasteiger partial charge in [-0.3, -0.25) is 0 Å². The number of hydrogen-bond donors (Lipinski definition) is 0. The van der Waals surface area contributed by atoms with Crippen molar-refractivity contribution in [1.29, 1.82) is 0 Å². The van der Waals surface area contributed by atoms with Crippen LogP contribution in [0.3, 0.4) is 0 Å². The van der Waals surface area contributed by atoms with Gasteiger partial charge >= 0.3 is 0 Å². The molecule has 78 valence electrons. The minimum atomic E-state index is -0.0258. The van der Waals surface area contributed by atoms with Crippen molar-refractivity contribution in [3.8, 4) is 0 Å². The van der Waals surface area contributed by atoms with Gasteiger partial charge < -0.3 is 4.90 Å². The Kier molecular flexibility index (Phi) is 3.62. The zero-order valence-corrected chi connectivity index (χ0v) is 10.5. The van der Waals surface area contributed by atoms with E-state index in [9.17, 15) is 0 Å². The van der Waals surface area contributed by atoms with E-state index in [1.54, 1.807) is 0 Å². The van der Waals surface area contributed by atoms with Crippen LogP contribution in [-0.2, 0) is 0 Å². The molecule has 0 aromatic rings. The van der Waals surface area contributed by atoms with Gasteiger partial charge in [0, 0.05) is 13.1 Å². The van der Waals surface area contributed by atoms with Crippen LogP contribution in [0.15, 0.2) is 0 Å². The van der Waals surface area contributed by atoms with E-state index in [-0.39, 0.29) is 5.31 Å². The highest BCUT2D eigenvalue weighted by Crippen LogP contribution is 2.45. The Labute approximate surface area is 94.7 Å².